The number of carboxylic acid groups (broad SMARTS) is 2. The van der Waals surface area contributed by atoms with E-state index in [1.165, 1.54) is 13.2 Å². The molecule has 0 radical (unpaired) electrons. The van der Waals surface area contributed by atoms with Gasteiger partial charge in [0.15, 0.2) is 41.5 Å². The van der Waals surface area contributed by atoms with Gasteiger partial charge in [-0.05, 0) is 36.4 Å². The quantitative estimate of drug-likeness (QED) is 0.138. The summed E-state index contributed by atoms with van der Waals surface area (Å²) in [6.45, 7) is 0. The van der Waals surface area contributed by atoms with Crippen LogP contribution in [0.3, 0.4) is 0 Å². The second-order valence-electron chi connectivity index (χ2n) is 10.2. The highest BCUT2D eigenvalue weighted by atomic mass is 16.8. The summed E-state index contributed by atoms with van der Waals surface area (Å²) in [5.74, 6) is -4.03. The summed E-state index contributed by atoms with van der Waals surface area (Å²) in [5.41, 5.74) is -0.250. The van der Waals surface area contributed by atoms with E-state index in [1.807, 2.05) is 0 Å². The molecule has 2 fully saturated rings. The standard InChI is InChI=1S/C28H28O17/c1-40-10-4-2-9(3-5-10)14-8-11(29)15-12(41-14)6-7-13(16(15)30)42-28-24(20(34)19(33)23(44-28)26(38)39)45-27-21(35)17(31)18(32)22(43-27)25(36)37/h2-8,17-24,27-28,30-35H,1H3,(H,36,37)(H,38,39)/t17-,18-,19-,20-,21+,22-,23-,24+,27-,28+/m0/s1. The summed E-state index contributed by atoms with van der Waals surface area (Å²) in [7, 11) is 1.49. The molecule has 3 aromatic rings. The summed E-state index contributed by atoms with van der Waals surface area (Å²) in [4.78, 5) is 36.3. The van der Waals surface area contributed by atoms with Crippen molar-refractivity contribution in [2.45, 2.75) is 61.4 Å². The van der Waals surface area contributed by atoms with E-state index in [0.717, 1.165) is 12.1 Å². The van der Waals surface area contributed by atoms with Gasteiger partial charge in [-0.3, -0.25) is 4.79 Å². The zero-order valence-electron chi connectivity index (χ0n) is 23.1. The highest BCUT2D eigenvalue weighted by molar-refractivity contribution is 5.87. The van der Waals surface area contributed by atoms with Gasteiger partial charge in [0.1, 0.15) is 53.0 Å². The normalized spacial score (nSPS) is 31.8. The number of benzene rings is 2. The predicted octanol–water partition coefficient (Wildman–Crippen LogP) is -1.64. The Kier molecular flexibility index (Phi) is 8.97. The zero-order valence-corrected chi connectivity index (χ0v) is 23.1. The van der Waals surface area contributed by atoms with Crippen molar-refractivity contribution in [3.8, 4) is 28.6 Å². The largest absolute Gasteiger partial charge is 0.504 e. The number of hydrogen-bond donors (Lipinski definition) is 8. The number of aliphatic carboxylic acids is 2. The van der Waals surface area contributed by atoms with Gasteiger partial charge in [-0.2, -0.15) is 0 Å². The molecule has 10 atom stereocenters. The number of fused-ring (bicyclic) bond motifs is 1. The number of phenols is 1. The Bertz CT molecular complexity index is 1620. The van der Waals surface area contributed by atoms with Crippen LogP contribution in [0.5, 0.6) is 17.2 Å². The molecule has 0 aliphatic carbocycles. The fourth-order valence-corrected chi connectivity index (χ4v) is 4.93. The van der Waals surface area contributed by atoms with Crippen LogP contribution in [0.15, 0.2) is 51.7 Å². The molecule has 2 aliphatic heterocycles. The van der Waals surface area contributed by atoms with E-state index in [9.17, 15) is 55.2 Å². The van der Waals surface area contributed by atoms with Crippen molar-refractivity contribution < 1.29 is 78.5 Å². The van der Waals surface area contributed by atoms with Gasteiger partial charge >= 0.3 is 11.9 Å². The lowest BCUT2D eigenvalue weighted by Crippen LogP contribution is -2.66. The van der Waals surface area contributed by atoms with Gasteiger partial charge in [0.05, 0.1) is 7.11 Å². The van der Waals surface area contributed by atoms with Crippen molar-refractivity contribution in [2.75, 3.05) is 7.11 Å². The number of rotatable bonds is 8. The Morgan fingerprint density at radius 1 is 0.778 bits per heavy atom. The number of phenolic OH excluding ortho intramolecular Hbond substituents is 1. The molecule has 2 saturated heterocycles. The molecule has 1 aromatic heterocycles. The zero-order chi connectivity index (χ0) is 32.7. The van der Waals surface area contributed by atoms with Gasteiger partial charge in [0, 0.05) is 11.6 Å². The molecule has 0 amide bonds. The molecule has 3 heterocycles. The van der Waals surface area contributed by atoms with Gasteiger partial charge in [-0.1, -0.05) is 0 Å². The molecule has 2 aliphatic rings. The Balaban J connectivity index is 1.47. The Hall–Kier alpha value is -4.33. The number of carbonyl (C=O) groups is 2. The fraction of sp³-hybridized carbons (Fsp3) is 0.393. The molecule has 17 nitrogen and oxygen atoms in total. The molecule has 0 bridgehead atoms. The predicted molar refractivity (Wildman–Crippen MR) is 144 cm³/mol. The molecule has 0 spiro atoms. The van der Waals surface area contributed by atoms with Crippen LogP contribution in [0.4, 0.5) is 0 Å². The highest BCUT2D eigenvalue weighted by Gasteiger charge is 2.54. The number of hydrogen-bond acceptors (Lipinski definition) is 15. The number of aromatic hydroxyl groups is 1. The molecule has 0 saturated carbocycles. The van der Waals surface area contributed by atoms with Crippen LogP contribution in [-0.4, -0.2) is 121 Å². The van der Waals surface area contributed by atoms with E-state index >= 15 is 0 Å². The molecule has 17 heteroatoms. The number of methoxy groups -OCH3 is 1. The van der Waals surface area contributed by atoms with Crippen LogP contribution >= 0.6 is 0 Å². The lowest BCUT2D eigenvalue weighted by Gasteiger charge is -2.44. The van der Waals surface area contributed by atoms with Crippen LogP contribution in [-0.2, 0) is 23.8 Å². The van der Waals surface area contributed by atoms with Crippen molar-refractivity contribution in [3.63, 3.8) is 0 Å². The third-order valence-electron chi connectivity index (χ3n) is 7.34. The molecule has 2 aromatic carbocycles. The van der Waals surface area contributed by atoms with E-state index in [4.69, 9.17) is 28.1 Å². The third kappa shape index (κ3) is 6.02. The van der Waals surface area contributed by atoms with Crippen LogP contribution in [0, 0.1) is 0 Å². The lowest BCUT2D eigenvalue weighted by atomic mass is 9.97. The topological polar surface area (TPSA) is 272 Å². The fourth-order valence-electron chi connectivity index (χ4n) is 4.93. The Morgan fingerprint density at radius 2 is 1.38 bits per heavy atom. The van der Waals surface area contributed by atoms with E-state index in [-0.39, 0.29) is 16.7 Å². The van der Waals surface area contributed by atoms with Crippen LogP contribution < -0.4 is 14.9 Å². The van der Waals surface area contributed by atoms with E-state index < -0.39 is 90.3 Å². The van der Waals surface area contributed by atoms with Crippen molar-refractivity contribution in [1.29, 1.82) is 0 Å². The summed E-state index contributed by atoms with van der Waals surface area (Å²) >= 11 is 0. The van der Waals surface area contributed by atoms with Crippen molar-refractivity contribution in [1.82, 2.24) is 0 Å². The second kappa shape index (κ2) is 12.6. The van der Waals surface area contributed by atoms with Gasteiger partial charge < -0.3 is 69.0 Å². The summed E-state index contributed by atoms with van der Waals surface area (Å²) in [6.07, 6.45) is -20.9. The molecule has 0 unspecified atom stereocenters. The van der Waals surface area contributed by atoms with Gasteiger partial charge in [0.2, 0.25) is 6.29 Å². The Labute approximate surface area is 251 Å². The number of ether oxygens (including phenoxy) is 5. The molecule has 45 heavy (non-hydrogen) atoms. The van der Waals surface area contributed by atoms with E-state index in [2.05, 4.69) is 0 Å². The lowest BCUT2D eigenvalue weighted by molar-refractivity contribution is -0.350. The number of aliphatic hydroxyl groups is 5. The molecular weight excluding hydrogens is 608 g/mol. The minimum atomic E-state index is -2.16. The maximum Gasteiger partial charge on any atom is 0.335 e. The highest BCUT2D eigenvalue weighted by Crippen LogP contribution is 2.38. The summed E-state index contributed by atoms with van der Waals surface area (Å²) < 4.78 is 32.3. The minimum Gasteiger partial charge on any atom is -0.504 e. The molecule has 242 valence electrons. The van der Waals surface area contributed by atoms with Gasteiger partial charge in [0.25, 0.3) is 0 Å². The smallest absolute Gasteiger partial charge is 0.335 e. The summed E-state index contributed by atoms with van der Waals surface area (Å²) in [5, 5.41) is 81.0. The monoisotopic (exact) mass is 636 g/mol. The first-order valence-corrected chi connectivity index (χ1v) is 13.3. The molecular formula is C28H28O17. The van der Waals surface area contributed by atoms with Crippen molar-refractivity contribution >= 4 is 22.9 Å². The van der Waals surface area contributed by atoms with Crippen LogP contribution in [0.25, 0.3) is 22.3 Å². The van der Waals surface area contributed by atoms with Crippen molar-refractivity contribution in [3.05, 3.63) is 52.7 Å². The van der Waals surface area contributed by atoms with Crippen LogP contribution in [0.1, 0.15) is 0 Å². The van der Waals surface area contributed by atoms with Gasteiger partial charge in [-0.25, -0.2) is 9.59 Å². The average molecular weight is 637 g/mol. The van der Waals surface area contributed by atoms with E-state index in [0.29, 0.717) is 11.3 Å². The first kappa shape index (κ1) is 32.1. The SMILES string of the molecule is COc1ccc(-c2cc(=O)c3c(O)c(O[C@@H]4O[C@H](C(=O)O)[C@@H](O)[C@H](O)[C@H]4O[C@@H]4O[C@H](C(=O)O)[C@@H](O)[C@H](O)[C@H]4O)ccc3o2)cc1. The maximum absolute atomic E-state index is 13.1. The van der Waals surface area contributed by atoms with Crippen LogP contribution in [0.2, 0.25) is 0 Å². The minimum absolute atomic E-state index is 0.0691. The maximum atomic E-state index is 13.1. The van der Waals surface area contributed by atoms with Crippen molar-refractivity contribution in [2.24, 2.45) is 0 Å². The second-order valence-corrected chi connectivity index (χ2v) is 10.2. The molecule has 8 N–H and O–H groups in total. The third-order valence-corrected chi connectivity index (χ3v) is 7.34. The van der Waals surface area contributed by atoms with E-state index in [1.54, 1.807) is 24.3 Å². The number of aliphatic hydroxyl groups excluding tert-OH is 5. The Morgan fingerprint density at radius 3 is 1.98 bits per heavy atom. The summed E-state index contributed by atoms with van der Waals surface area (Å²) in [6, 6.07) is 10.1. The average Bonchev–Trinajstić information content (AvgIpc) is 3.01. The number of carboxylic acids is 2. The first-order chi connectivity index (χ1) is 21.3. The van der Waals surface area contributed by atoms with Gasteiger partial charge in [-0.15, -0.1) is 0 Å². The molecule has 5 rings (SSSR count). The first-order valence-electron chi connectivity index (χ1n) is 13.3.